The van der Waals surface area contributed by atoms with Gasteiger partial charge >= 0.3 is 5.97 Å². The molecule has 2 atom stereocenters. The molecular formula is C20H21N3O5S. The van der Waals surface area contributed by atoms with E-state index in [2.05, 4.69) is 10.0 Å². The summed E-state index contributed by atoms with van der Waals surface area (Å²) in [5.74, 6) is -1.47. The summed E-state index contributed by atoms with van der Waals surface area (Å²) in [5.41, 5.74) is 1.78. The first-order valence-corrected chi connectivity index (χ1v) is 10.2. The average molecular weight is 415 g/mol. The fraction of sp³-hybridized carbons (Fsp3) is 0.250. The molecule has 0 aromatic heterocycles. The Morgan fingerprint density at radius 1 is 1.03 bits per heavy atom. The summed E-state index contributed by atoms with van der Waals surface area (Å²) < 4.78 is 32.0. The Morgan fingerprint density at radius 2 is 1.62 bits per heavy atom. The molecule has 0 aliphatic heterocycles. The maximum atomic E-state index is 12.4. The molecule has 2 N–H and O–H groups in total. The van der Waals surface area contributed by atoms with Crippen molar-refractivity contribution in [1.29, 1.82) is 5.26 Å². The monoisotopic (exact) mass is 415 g/mol. The lowest BCUT2D eigenvalue weighted by Crippen LogP contribution is -2.42. The van der Waals surface area contributed by atoms with E-state index in [9.17, 15) is 18.0 Å². The van der Waals surface area contributed by atoms with Gasteiger partial charge in [0.15, 0.2) is 6.10 Å². The molecule has 9 heteroatoms. The Kier molecular flexibility index (Phi) is 7.09. The second-order valence-corrected chi connectivity index (χ2v) is 8.13. The Balaban J connectivity index is 1.94. The number of hydrogen-bond acceptors (Lipinski definition) is 6. The molecule has 0 saturated carbocycles. The zero-order chi connectivity index (χ0) is 21.6. The zero-order valence-electron chi connectivity index (χ0n) is 16.2. The van der Waals surface area contributed by atoms with Crippen LogP contribution in [0.5, 0.6) is 0 Å². The molecule has 0 aliphatic carbocycles. The van der Waals surface area contributed by atoms with Crippen LogP contribution < -0.4 is 10.0 Å². The molecular weight excluding hydrogens is 394 g/mol. The first-order valence-electron chi connectivity index (χ1n) is 8.73. The van der Waals surface area contributed by atoms with Gasteiger partial charge in [0.05, 0.1) is 16.5 Å². The summed E-state index contributed by atoms with van der Waals surface area (Å²) in [6, 6.07) is 13.1. The van der Waals surface area contributed by atoms with E-state index in [-0.39, 0.29) is 4.90 Å². The van der Waals surface area contributed by atoms with E-state index in [1.54, 1.807) is 24.3 Å². The Labute approximate surface area is 169 Å². The van der Waals surface area contributed by atoms with Crippen LogP contribution in [0.1, 0.15) is 25.0 Å². The van der Waals surface area contributed by atoms with Gasteiger partial charge in [0.25, 0.3) is 5.91 Å². The van der Waals surface area contributed by atoms with E-state index in [0.29, 0.717) is 11.3 Å². The van der Waals surface area contributed by atoms with Gasteiger partial charge in [-0.15, -0.1) is 0 Å². The third kappa shape index (κ3) is 6.14. The lowest BCUT2D eigenvalue weighted by molar-refractivity contribution is -0.154. The molecule has 0 heterocycles. The molecule has 2 aromatic carbocycles. The average Bonchev–Trinajstić information content (AvgIpc) is 2.68. The lowest BCUT2D eigenvalue weighted by atomic mass is 10.2. The van der Waals surface area contributed by atoms with E-state index in [1.165, 1.54) is 38.1 Å². The van der Waals surface area contributed by atoms with Crippen molar-refractivity contribution in [3.8, 4) is 6.07 Å². The van der Waals surface area contributed by atoms with Crippen LogP contribution in [0.3, 0.4) is 0 Å². The van der Waals surface area contributed by atoms with Crippen LogP contribution in [0.15, 0.2) is 53.4 Å². The minimum Gasteiger partial charge on any atom is -0.451 e. The molecule has 1 amide bonds. The molecule has 152 valence electrons. The van der Waals surface area contributed by atoms with Gasteiger partial charge in [0.1, 0.15) is 6.04 Å². The van der Waals surface area contributed by atoms with Crippen molar-refractivity contribution in [3.05, 3.63) is 59.7 Å². The van der Waals surface area contributed by atoms with Gasteiger partial charge in [-0.05, 0) is 57.2 Å². The van der Waals surface area contributed by atoms with Crippen molar-refractivity contribution >= 4 is 27.6 Å². The summed E-state index contributed by atoms with van der Waals surface area (Å²) in [6.07, 6.45) is -1.15. The highest BCUT2D eigenvalue weighted by Crippen LogP contribution is 2.12. The largest absolute Gasteiger partial charge is 0.451 e. The topological polar surface area (TPSA) is 125 Å². The molecule has 29 heavy (non-hydrogen) atoms. The summed E-state index contributed by atoms with van der Waals surface area (Å²) >= 11 is 0. The number of nitrogens with one attached hydrogen (secondary N) is 2. The van der Waals surface area contributed by atoms with Crippen LogP contribution in [0.2, 0.25) is 0 Å². The molecule has 0 bridgehead atoms. The lowest BCUT2D eigenvalue weighted by Gasteiger charge is -2.17. The number of nitriles is 1. The number of rotatable bonds is 7. The number of ether oxygens (including phenoxy) is 1. The van der Waals surface area contributed by atoms with Crippen LogP contribution >= 0.6 is 0 Å². The van der Waals surface area contributed by atoms with Crippen LogP contribution in [0.25, 0.3) is 0 Å². The fourth-order valence-corrected chi connectivity index (χ4v) is 3.46. The number of carbonyl (C=O) groups excluding carboxylic acids is 2. The van der Waals surface area contributed by atoms with Gasteiger partial charge in [0.2, 0.25) is 10.0 Å². The van der Waals surface area contributed by atoms with Crippen molar-refractivity contribution in [2.24, 2.45) is 0 Å². The Morgan fingerprint density at radius 3 is 2.17 bits per heavy atom. The van der Waals surface area contributed by atoms with Gasteiger partial charge in [-0.3, -0.25) is 9.59 Å². The number of nitrogens with zero attached hydrogens (tertiary/aromatic N) is 1. The predicted molar refractivity (Wildman–Crippen MR) is 106 cm³/mol. The minimum absolute atomic E-state index is 0.0226. The first kappa shape index (κ1) is 22.1. The van der Waals surface area contributed by atoms with Gasteiger partial charge in [-0.2, -0.15) is 9.98 Å². The Hall–Kier alpha value is -3.22. The van der Waals surface area contributed by atoms with E-state index in [1.807, 2.05) is 13.0 Å². The zero-order valence-corrected chi connectivity index (χ0v) is 17.0. The third-order valence-electron chi connectivity index (χ3n) is 3.96. The summed E-state index contributed by atoms with van der Waals surface area (Å²) in [6.45, 7) is 4.53. The maximum Gasteiger partial charge on any atom is 0.324 e. The van der Waals surface area contributed by atoms with Gasteiger partial charge < -0.3 is 10.1 Å². The van der Waals surface area contributed by atoms with Crippen LogP contribution in [0, 0.1) is 18.3 Å². The van der Waals surface area contributed by atoms with E-state index in [0.717, 1.165) is 5.56 Å². The molecule has 2 aromatic rings. The molecule has 0 radical (unpaired) electrons. The third-order valence-corrected chi connectivity index (χ3v) is 5.52. The summed E-state index contributed by atoms with van der Waals surface area (Å²) in [7, 11) is -3.91. The smallest absolute Gasteiger partial charge is 0.324 e. The summed E-state index contributed by atoms with van der Waals surface area (Å²) in [4.78, 5) is 24.4. The highest BCUT2D eigenvalue weighted by atomic mass is 32.2. The molecule has 0 aliphatic rings. The van der Waals surface area contributed by atoms with E-state index >= 15 is 0 Å². The van der Waals surface area contributed by atoms with E-state index in [4.69, 9.17) is 10.00 Å². The standard InChI is InChI=1S/C20H21N3O5S/c1-13-4-10-18(11-5-13)29(26,27)23-14(2)20(25)28-15(3)19(24)22-17-8-6-16(12-21)7-9-17/h4-11,14-15,23H,1-3H3,(H,22,24)/t14-,15+/m1/s1. The van der Waals surface area contributed by atoms with Crippen LogP contribution in [0.4, 0.5) is 5.69 Å². The molecule has 0 fully saturated rings. The number of anilines is 1. The number of hydrogen-bond donors (Lipinski definition) is 2. The maximum absolute atomic E-state index is 12.4. The number of amides is 1. The number of sulfonamides is 1. The van der Waals surface area contributed by atoms with E-state index < -0.39 is 34.0 Å². The first-order chi connectivity index (χ1) is 13.6. The quantitative estimate of drug-likeness (QED) is 0.667. The highest BCUT2D eigenvalue weighted by molar-refractivity contribution is 7.89. The molecule has 0 unspecified atom stereocenters. The molecule has 2 rings (SSSR count). The number of aryl methyl sites for hydroxylation is 1. The van der Waals surface area contributed by atoms with Crippen molar-refractivity contribution < 1.29 is 22.7 Å². The minimum atomic E-state index is -3.91. The number of carbonyl (C=O) groups is 2. The highest BCUT2D eigenvalue weighted by Gasteiger charge is 2.26. The SMILES string of the molecule is Cc1ccc(S(=O)(=O)N[C@H](C)C(=O)O[C@@H](C)C(=O)Nc2ccc(C#N)cc2)cc1. The van der Waals surface area contributed by atoms with Crippen molar-refractivity contribution in [2.75, 3.05) is 5.32 Å². The van der Waals surface area contributed by atoms with Gasteiger partial charge in [0, 0.05) is 5.69 Å². The normalized spacial score (nSPS) is 13.0. The van der Waals surface area contributed by atoms with Crippen LogP contribution in [-0.4, -0.2) is 32.4 Å². The molecule has 0 spiro atoms. The van der Waals surface area contributed by atoms with Crippen molar-refractivity contribution in [1.82, 2.24) is 4.72 Å². The van der Waals surface area contributed by atoms with Gasteiger partial charge in [-0.25, -0.2) is 8.42 Å². The van der Waals surface area contributed by atoms with Gasteiger partial charge in [-0.1, -0.05) is 17.7 Å². The molecule has 0 saturated heterocycles. The second-order valence-electron chi connectivity index (χ2n) is 6.41. The van der Waals surface area contributed by atoms with Crippen molar-refractivity contribution in [2.45, 2.75) is 37.8 Å². The van der Waals surface area contributed by atoms with Crippen molar-refractivity contribution in [3.63, 3.8) is 0 Å². The van der Waals surface area contributed by atoms with Crippen LogP contribution in [-0.2, 0) is 24.3 Å². The summed E-state index contributed by atoms with van der Waals surface area (Å²) in [5, 5.41) is 11.3. The fourth-order valence-electron chi connectivity index (χ4n) is 2.27. The predicted octanol–water partition coefficient (Wildman–Crippen LogP) is 2.10. The second kappa shape index (κ2) is 9.32. The Bertz CT molecular complexity index is 1030. The number of esters is 1. The molecule has 8 nitrogen and oxygen atoms in total. The number of benzene rings is 2.